The van der Waals surface area contributed by atoms with Crippen LogP contribution in [0.3, 0.4) is 0 Å². The summed E-state index contributed by atoms with van der Waals surface area (Å²) in [6.45, 7) is 0. The van der Waals surface area contributed by atoms with Gasteiger partial charge < -0.3 is 0 Å². The summed E-state index contributed by atoms with van der Waals surface area (Å²) in [6, 6.07) is 10.7. The van der Waals surface area contributed by atoms with Crippen LogP contribution in [0.1, 0.15) is 32.1 Å². The highest BCUT2D eigenvalue weighted by atomic mass is 32.2. The largest absolute Gasteiger partial charge is 0.276 e. The van der Waals surface area contributed by atoms with Crippen LogP contribution in [0.25, 0.3) is 0 Å². The molecule has 5 nitrogen and oxygen atoms in total. The van der Waals surface area contributed by atoms with Gasteiger partial charge in [-0.3, -0.25) is 10.2 Å². The first-order valence-electron chi connectivity index (χ1n) is 6.99. The highest BCUT2D eigenvalue weighted by molar-refractivity contribution is 7.88. The molecule has 22 heavy (non-hydrogen) atoms. The molecule has 3 rings (SSSR count). The molecule has 0 saturated heterocycles. The normalized spacial score (nSPS) is 13.8. The van der Waals surface area contributed by atoms with Gasteiger partial charge in [0.15, 0.2) is 0 Å². The summed E-state index contributed by atoms with van der Waals surface area (Å²) in [6.07, 6.45) is 3.14. The quantitative estimate of drug-likeness (QED) is 0.820. The van der Waals surface area contributed by atoms with E-state index in [2.05, 4.69) is 10.3 Å². The van der Waals surface area contributed by atoms with E-state index in [1.807, 2.05) is 12.1 Å². The Balaban J connectivity index is 1.60. The molecule has 7 heteroatoms. The Kier molecular flexibility index (Phi) is 4.28. The third-order valence-electron chi connectivity index (χ3n) is 3.49. The molecular weight excluding hydrogens is 320 g/mol. The van der Waals surface area contributed by atoms with E-state index in [1.54, 1.807) is 24.3 Å². The molecule has 1 aromatic carbocycles. The molecule has 1 aliphatic carbocycles. The maximum Gasteiger partial charge on any atom is 0.276 e. The second-order valence-electron chi connectivity index (χ2n) is 5.21. The molecule has 0 spiro atoms. The summed E-state index contributed by atoms with van der Waals surface area (Å²) in [4.78, 5) is 16.0. The Morgan fingerprint density at radius 3 is 2.68 bits per heavy atom. The van der Waals surface area contributed by atoms with Crippen molar-refractivity contribution in [1.29, 1.82) is 0 Å². The first kappa shape index (κ1) is 15.2. The second kappa shape index (κ2) is 6.20. The van der Waals surface area contributed by atoms with Crippen LogP contribution < -0.4 is 10.3 Å². The van der Waals surface area contributed by atoms with Crippen molar-refractivity contribution in [3.63, 3.8) is 0 Å². The highest BCUT2D eigenvalue weighted by Gasteiger charge is 2.19. The van der Waals surface area contributed by atoms with E-state index in [-0.39, 0.29) is 5.75 Å². The molecule has 1 heterocycles. The zero-order valence-corrected chi connectivity index (χ0v) is 13.5. The minimum absolute atomic E-state index is 0.172. The average molecular weight is 336 g/mol. The smallest absolute Gasteiger partial charge is 0.273 e. The van der Waals surface area contributed by atoms with Gasteiger partial charge in [-0.1, -0.05) is 30.3 Å². The number of nitrogens with one attached hydrogen (secondary N) is 2. The van der Waals surface area contributed by atoms with Crippen LogP contribution in [0.2, 0.25) is 0 Å². The van der Waals surface area contributed by atoms with Gasteiger partial charge in [-0.15, -0.1) is 16.2 Å². The maximum absolute atomic E-state index is 12.0. The maximum atomic E-state index is 12.0. The van der Waals surface area contributed by atoms with Crippen molar-refractivity contribution >= 4 is 27.3 Å². The molecule has 0 bridgehead atoms. The Morgan fingerprint density at radius 2 is 1.95 bits per heavy atom. The van der Waals surface area contributed by atoms with E-state index in [9.17, 15) is 13.2 Å². The van der Waals surface area contributed by atoms with E-state index in [1.165, 1.54) is 21.8 Å². The van der Waals surface area contributed by atoms with Gasteiger partial charge in [0.2, 0.25) is 10.0 Å². The average Bonchev–Trinajstić information content (AvgIpc) is 3.06. The third kappa shape index (κ3) is 3.55. The predicted octanol–water partition coefficient (Wildman–Crippen LogP) is 2.00. The number of hydrazine groups is 1. The molecule has 1 aromatic heterocycles. The zero-order valence-electron chi connectivity index (χ0n) is 11.8. The molecule has 0 aliphatic heterocycles. The number of thiophene rings is 1. The van der Waals surface area contributed by atoms with Gasteiger partial charge in [-0.2, -0.15) is 0 Å². The van der Waals surface area contributed by atoms with Crippen molar-refractivity contribution in [2.24, 2.45) is 0 Å². The van der Waals surface area contributed by atoms with Crippen molar-refractivity contribution in [1.82, 2.24) is 10.3 Å². The number of sulfonamides is 1. The van der Waals surface area contributed by atoms with Gasteiger partial charge >= 0.3 is 0 Å². The summed E-state index contributed by atoms with van der Waals surface area (Å²) < 4.78 is 23.9. The monoisotopic (exact) mass is 336 g/mol. The molecule has 116 valence electrons. The van der Waals surface area contributed by atoms with E-state index in [4.69, 9.17) is 0 Å². The lowest BCUT2D eigenvalue weighted by atomic mass is 10.2. The van der Waals surface area contributed by atoms with E-state index in [0.717, 1.165) is 19.3 Å². The van der Waals surface area contributed by atoms with Crippen LogP contribution in [-0.4, -0.2) is 14.3 Å². The second-order valence-corrected chi connectivity index (χ2v) is 8.07. The number of fused-ring (bicyclic) bond motifs is 1. The van der Waals surface area contributed by atoms with Crippen molar-refractivity contribution in [3.8, 4) is 0 Å². The molecule has 0 radical (unpaired) electrons. The van der Waals surface area contributed by atoms with E-state index >= 15 is 0 Å². The lowest BCUT2D eigenvalue weighted by Gasteiger charge is -2.07. The number of amides is 1. The Bertz CT molecular complexity index is 761. The fraction of sp³-hybridized carbons (Fsp3) is 0.267. The molecule has 1 aliphatic rings. The highest BCUT2D eigenvalue weighted by Crippen LogP contribution is 2.30. The van der Waals surface area contributed by atoms with Crippen LogP contribution in [-0.2, 0) is 28.6 Å². The summed E-state index contributed by atoms with van der Waals surface area (Å²) in [7, 11) is -3.61. The molecule has 1 amide bonds. The van der Waals surface area contributed by atoms with Gasteiger partial charge in [0.1, 0.15) is 0 Å². The molecule has 0 unspecified atom stereocenters. The number of benzene rings is 1. The molecule has 0 fully saturated rings. The summed E-state index contributed by atoms with van der Waals surface area (Å²) >= 11 is 1.44. The zero-order chi connectivity index (χ0) is 15.6. The molecule has 0 atom stereocenters. The van der Waals surface area contributed by atoms with Crippen LogP contribution in [0.15, 0.2) is 36.4 Å². The third-order valence-corrected chi connectivity index (χ3v) is 5.85. The number of aryl methyl sites for hydroxylation is 2. The van der Waals surface area contributed by atoms with Gasteiger partial charge in [-0.05, 0) is 36.5 Å². The number of rotatable bonds is 5. The molecule has 2 N–H and O–H groups in total. The van der Waals surface area contributed by atoms with Gasteiger partial charge in [0, 0.05) is 4.88 Å². The summed E-state index contributed by atoms with van der Waals surface area (Å²) in [5.74, 6) is -0.578. The van der Waals surface area contributed by atoms with Gasteiger partial charge in [-0.25, -0.2) is 8.42 Å². The van der Waals surface area contributed by atoms with Crippen molar-refractivity contribution in [3.05, 3.63) is 57.3 Å². The van der Waals surface area contributed by atoms with Crippen LogP contribution in [0.4, 0.5) is 0 Å². The minimum Gasteiger partial charge on any atom is -0.273 e. The fourth-order valence-corrected chi connectivity index (χ4v) is 4.56. The minimum atomic E-state index is -3.61. The number of hydrogen-bond acceptors (Lipinski definition) is 4. The van der Waals surface area contributed by atoms with Crippen LogP contribution in [0.5, 0.6) is 0 Å². The predicted molar refractivity (Wildman–Crippen MR) is 86.0 cm³/mol. The van der Waals surface area contributed by atoms with Crippen LogP contribution >= 0.6 is 11.3 Å². The standard InChI is InChI=1S/C15H16N2O3S2/c18-15(14-9-12-7-4-8-13(12)21-14)16-17-22(19,20)10-11-5-2-1-3-6-11/h1-3,5-6,9,17H,4,7-8,10H2,(H,16,18). The number of carbonyl (C=O) groups excluding carboxylic acids is 1. The topological polar surface area (TPSA) is 75.3 Å². The summed E-state index contributed by atoms with van der Waals surface area (Å²) in [5.41, 5.74) is 4.16. The van der Waals surface area contributed by atoms with Crippen molar-refractivity contribution in [2.75, 3.05) is 0 Å². The number of hydrogen-bond donors (Lipinski definition) is 2. The van der Waals surface area contributed by atoms with Crippen molar-refractivity contribution in [2.45, 2.75) is 25.0 Å². The Labute approximate surface area is 133 Å². The summed E-state index contributed by atoms with van der Waals surface area (Å²) in [5, 5.41) is 0. The number of carbonyl (C=O) groups is 1. The van der Waals surface area contributed by atoms with E-state index in [0.29, 0.717) is 10.4 Å². The molecular formula is C15H16N2O3S2. The lowest BCUT2D eigenvalue weighted by molar-refractivity contribution is 0.0949. The van der Waals surface area contributed by atoms with Crippen molar-refractivity contribution < 1.29 is 13.2 Å². The Hall–Kier alpha value is -1.70. The SMILES string of the molecule is O=C(NNS(=O)(=O)Cc1ccccc1)c1cc2c(s1)CCC2. The molecule has 0 saturated carbocycles. The first-order chi connectivity index (χ1) is 10.5. The first-order valence-corrected chi connectivity index (χ1v) is 9.46. The molecule has 2 aromatic rings. The Morgan fingerprint density at radius 1 is 1.18 bits per heavy atom. The lowest BCUT2D eigenvalue weighted by Crippen LogP contribution is -2.41. The van der Waals surface area contributed by atoms with Gasteiger partial charge in [0.05, 0.1) is 10.6 Å². The van der Waals surface area contributed by atoms with Gasteiger partial charge in [0.25, 0.3) is 5.91 Å². The van der Waals surface area contributed by atoms with Crippen LogP contribution in [0, 0.1) is 0 Å². The van der Waals surface area contributed by atoms with E-state index < -0.39 is 15.9 Å². The fourth-order valence-electron chi connectivity index (χ4n) is 2.46.